The molecule has 0 aliphatic heterocycles. The van der Waals surface area contributed by atoms with E-state index in [1.165, 1.54) is 25.7 Å². The zero-order valence-electron chi connectivity index (χ0n) is 12.7. The largest absolute Gasteiger partial charge is 0.397 e. The highest BCUT2D eigenvalue weighted by molar-refractivity contribution is 5.96. The molecular formula is C17H25N3O. The molecule has 2 aliphatic carbocycles. The summed E-state index contributed by atoms with van der Waals surface area (Å²) >= 11 is 0. The van der Waals surface area contributed by atoms with Crippen LogP contribution in [0.2, 0.25) is 0 Å². The van der Waals surface area contributed by atoms with Crippen LogP contribution in [-0.4, -0.2) is 19.0 Å². The summed E-state index contributed by atoms with van der Waals surface area (Å²) in [6, 6.07) is 5.53. The van der Waals surface area contributed by atoms with Crippen molar-refractivity contribution in [2.75, 3.05) is 24.1 Å². The van der Waals surface area contributed by atoms with Gasteiger partial charge in [-0.15, -0.1) is 0 Å². The maximum atomic E-state index is 11.8. The molecule has 2 aliphatic rings. The van der Waals surface area contributed by atoms with Crippen molar-refractivity contribution < 1.29 is 4.79 Å². The van der Waals surface area contributed by atoms with Gasteiger partial charge >= 0.3 is 0 Å². The third-order valence-electron chi connectivity index (χ3n) is 4.63. The van der Waals surface area contributed by atoms with Crippen molar-refractivity contribution in [3.63, 3.8) is 0 Å². The molecule has 1 amide bonds. The SMILES string of the molecule is CCNC(=O)c1ccc(NCC(C2CC2)C2CC2)c(N)c1. The second-order valence-electron chi connectivity index (χ2n) is 6.38. The maximum Gasteiger partial charge on any atom is 0.251 e. The Balaban J connectivity index is 1.61. The van der Waals surface area contributed by atoms with E-state index in [1.54, 1.807) is 6.07 Å². The maximum absolute atomic E-state index is 11.8. The van der Waals surface area contributed by atoms with Crippen molar-refractivity contribution in [3.8, 4) is 0 Å². The molecule has 3 rings (SSSR count). The minimum Gasteiger partial charge on any atom is -0.397 e. The molecule has 21 heavy (non-hydrogen) atoms. The zero-order valence-corrected chi connectivity index (χ0v) is 12.7. The van der Waals surface area contributed by atoms with Crippen LogP contribution in [0.1, 0.15) is 43.0 Å². The highest BCUT2D eigenvalue weighted by Crippen LogP contribution is 2.49. The molecule has 0 aromatic heterocycles. The average molecular weight is 287 g/mol. The fourth-order valence-electron chi connectivity index (χ4n) is 3.12. The molecule has 0 atom stereocenters. The Morgan fingerprint density at radius 2 is 1.95 bits per heavy atom. The van der Waals surface area contributed by atoms with Gasteiger partial charge in [-0.2, -0.15) is 0 Å². The van der Waals surface area contributed by atoms with Gasteiger partial charge in [0.15, 0.2) is 0 Å². The van der Waals surface area contributed by atoms with Crippen LogP contribution in [0.15, 0.2) is 18.2 Å². The van der Waals surface area contributed by atoms with Crippen molar-refractivity contribution >= 4 is 17.3 Å². The van der Waals surface area contributed by atoms with Crippen LogP contribution < -0.4 is 16.4 Å². The number of nitrogens with one attached hydrogen (secondary N) is 2. The summed E-state index contributed by atoms with van der Waals surface area (Å²) in [7, 11) is 0. The first-order valence-electron chi connectivity index (χ1n) is 8.10. The predicted octanol–water partition coefficient (Wildman–Crippen LogP) is 2.87. The molecular weight excluding hydrogens is 262 g/mol. The van der Waals surface area contributed by atoms with Crippen molar-refractivity contribution in [1.29, 1.82) is 0 Å². The molecule has 1 aromatic rings. The molecule has 4 heteroatoms. The lowest BCUT2D eigenvalue weighted by Gasteiger charge is -2.18. The molecule has 0 heterocycles. The first-order valence-corrected chi connectivity index (χ1v) is 8.10. The normalized spacial score (nSPS) is 17.8. The molecule has 0 unspecified atom stereocenters. The van der Waals surface area contributed by atoms with Gasteiger partial charge in [-0.05, 0) is 68.6 Å². The quantitative estimate of drug-likeness (QED) is 0.676. The Morgan fingerprint density at radius 3 is 2.48 bits per heavy atom. The van der Waals surface area contributed by atoms with Crippen molar-refractivity contribution in [1.82, 2.24) is 5.32 Å². The van der Waals surface area contributed by atoms with E-state index in [2.05, 4.69) is 10.6 Å². The molecule has 0 bridgehead atoms. The van der Waals surface area contributed by atoms with E-state index in [9.17, 15) is 4.79 Å². The Kier molecular flexibility index (Phi) is 4.04. The standard InChI is InChI=1S/C17H25N3O/c1-2-19-17(21)13-7-8-16(15(18)9-13)20-10-14(11-3-4-11)12-5-6-12/h7-9,11-12,14,20H,2-6,10,18H2,1H3,(H,19,21). The van der Waals surface area contributed by atoms with E-state index in [1.807, 2.05) is 19.1 Å². The summed E-state index contributed by atoms with van der Waals surface area (Å²) in [6.45, 7) is 3.55. The van der Waals surface area contributed by atoms with E-state index >= 15 is 0 Å². The van der Waals surface area contributed by atoms with Crippen LogP contribution in [0.4, 0.5) is 11.4 Å². The zero-order chi connectivity index (χ0) is 14.8. The van der Waals surface area contributed by atoms with Gasteiger partial charge in [0.1, 0.15) is 0 Å². The minimum atomic E-state index is -0.0652. The molecule has 0 spiro atoms. The molecule has 2 saturated carbocycles. The van der Waals surface area contributed by atoms with E-state index in [0.29, 0.717) is 17.8 Å². The topological polar surface area (TPSA) is 67.2 Å². The van der Waals surface area contributed by atoms with Gasteiger partial charge in [-0.25, -0.2) is 0 Å². The van der Waals surface area contributed by atoms with Gasteiger partial charge in [-0.3, -0.25) is 4.79 Å². The van der Waals surface area contributed by atoms with E-state index in [0.717, 1.165) is 30.0 Å². The van der Waals surface area contributed by atoms with Crippen LogP contribution >= 0.6 is 0 Å². The number of carbonyl (C=O) groups is 1. The highest BCUT2D eigenvalue weighted by Gasteiger charge is 2.41. The lowest BCUT2D eigenvalue weighted by Crippen LogP contribution is -2.23. The number of carbonyl (C=O) groups excluding carboxylic acids is 1. The number of nitrogens with two attached hydrogens (primary N) is 1. The fourth-order valence-corrected chi connectivity index (χ4v) is 3.12. The van der Waals surface area contributed by atoms with Gasteiger partial charge in [0.2, 0.25) is 0 Å². The summed E-state index contributed by atoms with van der Waals surface area (Å²) in [6.07, 6.45) is 5.59. The van der Waals surface area contributed by atoms with Gasteiger partial charge in [0, 0.05) is 18.7 Å². The number of hydrogen-bond acceptors (Lipinski definition) is 3. The number of amides is 1. The summed E-state index contributed by atoms with van der Waals surface area (Å²) < 4.78 is 0. The van der Waals surface area contributed by atoms with Crippen LogP contribution in [0.5, 0.6) is 0 Å². The monoisotopic (exact) mass is 287 g/mol. The van der Waals surface area contributed by atoms with Gasteiger partial charge in [0.25, 0.3) is 5.91 Å². The molecule has 4 N–H and O–H groups in total. The van der Waals surface area contributed by atoms with E-state index in [4.69, 9.17) is 5.73 Å². The van der Waals surface area contributed by atoms with Crippen LogP contribution in [0, 0.1) is 17.8 Å². The van der Waals surface area contributed by atoms with Gasteiger partial charge in [0.05, 0.1) is 11.4 Å². The van der Waals surface area contributed by atoms with Crippen LogP contribution in [0.3, 0.4) is 0 Å². The summed E-state index contributed by atoms with van der Waals surface area (Å²) in [5.74, 6) is 2.61. The van der Waals surface area contributed by atoms with Crippen molar-refractivity contribution in [2.45, 2.75) is 32.6 Å². The summed E-state index contributed by atoms with van der Waals surface area (Å²) in [5, 5.41) is 6.29. The van der Waals surface area contributed by atoms with E-state index < -0.39 is 0 Å². The van der Waals surface area contributed by atoms with Gasteiger partial charge < -0.3 is 16.4 Å². The smallest absolute Gasteiger partial charge is 0.251 e. The summed E-state index contributed by atoms with van der Waals surface area (Å²) in [5.41, 5.74) is 8.32. The lowest BCUT2D eigenvalue weighted by molar-refractivity contribution is 0.0956. The molecule has 0 saturated heterocycles. The Morgan fingerprint density at radius 1 is 1.29 bits per heavy atom. The Labute approximate surface area is 126 Å². The number of nitrogen functional groups attached to an aromatic ring is 1. The lowest BCUT2D eigenvalue weighted by atomic mass is 9.98. The first kappa shape index (κ1) is 14.2. The third kappa shape index (κ3) is 3.49. The molecule has 114 valence electrons. The van der Waals surface area contributed by atoms with Crippen molar-refractivity contribution in [3.05, 3.63) is 23.8 Å². The highest BCUT2D eigenvalue weighted by atomic mass is 16.1. The minimum absolute atomic E-state index is 0.0652. The molecule has 4 nitrogen and oxygen atoms in total. The Bertz CT molecular complexity index is 509. The second-order valence-corrected chi connectivity index (χ2v) is 6.38. The first-order chi connectivity index (χ1) is 10.2. The fraction of sp³-hybridized carbons (Fsp3) is 0.588. The second kappa shape index (κ2) is 5.96. The molecule has 1 aromatic carbocycles. The predicted molar refractivity (Wildman–Crippen MR) is 86.3 cm³/mol. The van der Waals surface area contributed by atoms with Crippen LogP contribution in [0.25, 0.3) is 0 Å². The number of anilines is 2. The number of rotatable bonds is 7. The Hall–Kier alpha value is -1.71. The molecule has 0 radical (unpaired) electrons. The van der Waals surface area contributed by atoms with Crippen molar-refractivity contribution in [2.24, 2.45) is 17.8 Å². The van der Waals surface area contributed by atoms with E-state index in [-0.39, 0.29) is 5.91 Å². The average Bonchev–Trinajstić information content (AvgIpc) is 3.35. The third-order valence-corrected chi connectivity index (χ3v) is 4.63. The van der Waals surface area contributed by atoms with Crippen LogP contribution in [-0.2, 0) is 0 Å². The number of benzene rings is 1. The number of hydrogen-bond donors (Lipinski definition) is 3. The summed E-state index contributed by atoms with van der Waals surface area (Å²) in [4.78, 5) is 11.8. The molecule has 2 fully saturated rings. The van der Waals surface area contributed by atoms with Gasteiger partial charge in [-0.1, -0.05) is 0 Å².